The maximum atomic E-state index is 5.89. The van der Waals surface area contributed by atoms with Gasteiger partial charge in [-0.3, -0.25) is 9.89 Å². The molecule has 130 valence electrons. The lowest BCUT2D eigenvalue weighted by Gasteiger charge is -2.35. The fourth-order valence-corrected chi connectivity index (χ4v) is 2.83. The van der Waals surface area contributed by atoms with Crippen LogP contribution in [0.4, 0.5) is 0 Å². The SMILES string of the molecule is COCCNC(N)=NCC1CCCCN1Cc1ccccc1.I. The molecule has 1 heterocycles. The number of rotatable bonds is 7. The van der Waals surface area contributed by atoms with Gasteiger partial charge in [-0.05, 0) is 24.9 Å². The van der Waals surface area contributed by atoms with Gasteiger partial charge in [0.2, 0.25) is 0 Å². The van der Waals surface area contributed by atoms with Crippen molar-refractivity contribution in [1.29, 1.82) is 0 Å². The second-order valence-electron chi connectivity index (χ2n) is 5.75. The zero-order chi connectivity index (χ0) is 15.6. The standard InChI is InChI=1S/C17H28N4O.HI/c1-22-12-10-19-17(18)20-13-16-9-5-6-11-21(16)14-15-7-3-2-4-8-15;/h2-4,7-8,16H,5-6,9-14H2,1H3,(H3,18,19,20);1H. The highest BCUT2D eigenvalue weighted by atomic mass is 127. The largest absolute Gasteiger partial charge is 0.383 e. The fraction of sp³-hybridized carbons (Fsp3) is 0.588. The fourth-order valence-electron chi connectivity index (χ4n) is 2.83. The molecule has 0 amide bonds. The molecule has 5 nitrogen and oxygen atoms in total. The number of nitrogens with zero attached hydrogens (tertiary/aromatic N) is 2. The van der Waals surface area contributed by atoms with Gasteiger partial charge in [0, 0.05) is 26.2 Å². The molecule has 6 heteroatoms. The molecule has 1 fully saturated rings. The van der Waals surface area contributed by atoms with Crippen molar-refractivity contribution < 1.29 is 4.74 Å². The molecule has 2 rings (SSSR count). The van der Waals surface area contributed by atoms with Crippen LogP contribution in [0, 0.1) is 0 Å². The second kappa shape index (κ2) is 11.6. The number of ether oxygens (including phenoxy) is 1. The molecule has 1 atom stereocenters. The minimum Gasteiger partial charge on any atom is -0.383 e. The molecular weight excluding hydrogens is 403 g/mol. The van der Waals surface area contributed by atoms with Crippen LogP contribution in [0.25, 0.3) is 0 Å². The van der Waals surface area contributed by atoms with E-state index >= 15 is 0 Å². The number of nitrogens with two attached hydrogens (primary N) is 1. The van der Waals surface area contributed by atoms with E-state index in [1.165, 1.54) is 24.8 Å². The molecule has 1 saturated heterocycles. The van der Waals surface area contributed by atoms with E-state index in [2.05, 4.69) is 45.5 Å². The number of methoxy groups -OCH3 is 1. The molecule has 0 spiro atoms. The highest BCUT2D eigenvalue weighted by Gasteiger charge is 2.22. The third-order valence-electron chi connectivity index (χ3n) is 4.06. The van der Waals surface area contributed by atoms with Crippen LogP contribution in [0.1, 0.15) is 24.8 Å². The van der Waals surface area contributed by atoms with Crippen LogP contribution in [0.5, 0.6) is 0 Å². The van der Waals surface area contributed by atoms with E-state index in [0.29, 0.717) is 25.2 Å². The Labute approximate surface area is 156 Å². The van der Waals surface area contributed by atoms with Gasteiger partial charge < -0.3 is 15.8 Å². The van der Waals surface area contributed by atoms with Crippen LogP contribution in [0.15, 0.2) is 35.3 Å². The van der Waals surface area contributed by atoms with Gasteiger partial charge in [-0.1, -0.05) is 36.8 Å². The number of likely N-dealkylation sites (tertiary alicyclic amines) is 1. The van der Waals surface area contributed by atoms with E-state index < -0.39 is 0 Å². The third-order valence-corrected chi connectivity index (χ3v) is 4.06. The lowest BCUT2D eigenvalue weighted by Crippen LogP contribution is -2.42. The summed E-state index contributed by atoms with van der Waals surface area (Å²) >= 11 is 0. The molecule has 1 aliphatic heterocycles. The first kappa shape index (κ1) is 20.2. The van der Waals surface area contributed by atoms with Gasteiger partial charge in [0.25, 0.3) is 0 Å². The molecule has 0 saturated carbocycles. The van der Waals surface area contributed by atoms with Crippen LogP contribution in [-0.2, 0) is 11.3 Å². The number of piperidine rings is 1. The van der Waals surface area contributed by atoms with Crippen molar-refractivity contribution in [3.63, 3.8) is 0 Å². The molecule has 23 heavy (non-hydrogen) atoms. The smallest absolute Gasteiger partial charge is 0.188 e. The predicted molar refractivity (Wildman–Crippen MR) is 106 cm³/mol. The molecule has 0 bridgehead atoms. The van der Waals surface area contributed by atoms with Crippen molar-refractivity contribution in [1.82, 2.24) is 10.2 Å². The van der Waals surface area contributed by atoms with Crippen molar-refractivity contribution in [3.05, 3.63) is 35.9 Å². The summed E-state index contributed by atoms with van der Waals surface area (Å²) in [5, 5.41) is 3.07. The molecular formula is C17H29IN4O. The number of hydrogen-bond donors (Lipinski definition) is 2. The lowest BCUT2D eigenvalue weighted by atomic mass is 10.0. The Morgan fingerprint density at radius 1 is 1.35 bits per heavy atom. The number of guanidine groups is 1. The van der Waals surface area contributed by atoms with Gasteiger partial charge in [-0.15, -0.1) is 24.0 Å². The van der Waals surface area contributed by atoms with Crippen molar-refractivity contribution in [2.45, 2.75) is 31.8 Å². The third kappa shape index (κ3) is 7.50. The molecule has 0 radical (unpaired) electrons. The van der Waals surface area contributed by atoms with Gasteiger partial charge in [0.15, 0.2) is 5.96 Å². The van der Waals surface area contributed by atoms with Gasteiger partial charge in [-0.25, -0.2) is 0 Å². The highest BCUT2D eigenvalue weighted by Crippen LogP contribution is 2.19. The Balaban J connectivity index is 0.00000264. The molecule has 1 aliphatic rings. The number of benzene rings is 1. The molecule has 1 aromatic rings. The van der Waals surface area contributed by atoms with Crippen LogP contribution in [-0.4, -0.2) is 50.3 Å². The van der Waals surface area contributed by atoms with E-state index in [9.17, 15) is 0 Å². The number of aliphatic imine (C=N–C) groups is 1. The monoisotopic (exact) mass is 432 g/mol. The van der Waals surface area contributed by atoms with Crippen molar-refractivity contribution in [3.8, 4) is 0 Å². The van der Waals surface area contributed by atoms with E-state index in [4.69, 9.17) is 10.5 Å². The lowest BCUT2D eigenvalue weighted by molar-refractivity contribution is 0.145. The summed E-state index contributed by atoms with van der Waals surface area (Å²) in [7, 11) is 1.68. The first-order chi connectivity index (χ1) is 10.8. The normalized spacial score (nSPS) is 19.2. The average molecular weight is 432 g/mol. The minimum atomic E-state index is 0. The first-order valence-electron chi connectivity index (χ1n) is 8.10. The summed E-state index contributed by atoms with van der Waals surface area (Å²) in [4.78, 5) is 7.03. The Morgan fingerprint density at radius 3 is 2.87 bits per heavy atom. The average Bonchev–Trinajstić information content (AvgIpc) is 2.55. The Kier molecular flexibility index (Phi) is 10.2. The van der Waals surface area contributed by atoms with Gasteiger partial charge >= 0.3 is 0 Å². The Bertz CT molecular complexity index is 455. The van der Waals surface area contributed by atoms with Crippen LogP contribution in [0.3, 0.4) is 0 Å². The van der Waals surface area contributed by atoms with Crippen LogP contribution >= 0.6 is 24.0 Å². The summed E-state index contributed by atoms with van der Waals surface area (Å²) in [6.45, 7) is 4.24. The first-order valence-corrected chi connectivity index (χ1v) is 8.10. The van der Waals surface area contributed by atoms with E-state index in [-0.39, 0.29) is 24.0 Å². The molecule has 3 N–H and O–H groups in total. The maximum Gasteiger partial charge on any atom is 0.188 e. The van der Waals surface area contributed by atoms with Crippen molar-refractivity contribution in [2.24, 2.45) is 10.7 Å². The summed E-state index contributed by atoms with van der Waals surface area (Å²) < 4.78 is 4.99. The molecule has 0 aromatic heterocycles. The van der Waals surface area contributed by atoms with E-state index in [1.54, 1.807) is 7.11 Å². The number of nitrogens with one attached hydrogen (secondary N) is 1. The van der Waals surface area contributed by atoms with Crippen molar-refractivity contribution in [2.75, 3.05) is 33.4 Å². The summed E-state index contributed by atoms with van der Waals surface area (Å²) in [5.41, 5.74) is 7.26. The van der Waals surface area contributed by atoms with E-state index in [1.807, 2.05) is 0 Å². The zero-order valence-electron chi connectivity index (χ0n) is 13.9. The molecule has 0 aliphatic carbocycles. The quantitative estimate of drug-likeness (QED) is 0.300. The van der Waals surface area contributed by atoms with Crippen LogP contribution in [0.2, 0.25) is 0 Å². The van der Waals surface area contributed by atoms with Crippen molar-refractivity contribution >= 4 is 29.9 Å². The Morgan fingerprint density at radius 2 is 2.13 bits per heavy atom. The maximum absolute atomic E-state index is 5.89. The predicted octanol–water partition coefficient (Wildman–Crippen LogP) is 2.21. The minimum absolute atomic E-state index is 0. The topological polar surface area (TPSA) is 62.9 Å². The zero-order valence-corrected chi connectivity index (χ0v) is 16.2. The second-order valence-corrected chi connectivity index (χ2v) is 5.75. The van der Waals surface area contributed by atoms with Crippen LogP contribution < -0.4 is 11.1 Å². The Hall–Kier alpha value is -0.860. The van der Waals surface area contributed by atoms with Gasteiger partial charge in [0.1, 0.15) is 0 Å². The number of halogens is 1. The molecule has 1 aromatic carbocycles. The molecule has 1 unspecified atom stereocenters. The summed E-state index contributed by atoms with van der Waals surface area (Å²) in [5.74, 6) is 0.516. The van der Waals surface area contributed by atoms with E-state index in [0.717, 1.165) is 19.6 Å². The highest BCUT2D eigenvalue weighted by molar-refractivity contribution is 14.0. The van der Waals surface area contributed by atoms with Gasteiger partial charge in [0.05, 0.1) is 13.2 Å². The number of hydrogen-bond acceptors (Lipinski definition) is 3. The summed E-state index contributed by atoms with van der Waals surface area (Å²) in [6, 6.07) is 11.1. The summed E-state index contributed by atoms with van der Waals surface area (Å²) in [6.07, 6.45) is 3.75. The van der Waals surface area contributed by atoms with Gasteiger partial charge in [-0.2, -0.15) is 0 Å².